The Kier molecular flexibility index (Phi) is 3.81. The monoisotopic (exact) mass is 267 g/mol. The van der Waals surface area contributed by atoms with Crippen molar-refractivity contribution in [2.75, 3.05) is 0 Å². The summed E-state index contributed by atoms with van der Waals surface area (Å²) in [6, 6.07) is 2.74. The molecule has 0 aromatic carbocycles. The van der Waals surface area contributed by atoms with Crippen LogP contribution in [0.1, 0.15) is 30.3 Å². The van der Waals surface area contributed by atoms with Crippen molar-refractivity contribution >= 4 is 23.4 Å². The van der Waals surface area contributed by atoms with Gasteiger partial charge in [0.1, 0.15) is 11.7 Å². The summed E-state index contributed by atoms with van der Waals surface area (Å²) >= 11 is 5.77. The van der Waals surface area contributed by atoms with Crippen LogP contribution in [0.5, 0.6) is 0 Å². The van der Waals surface area contributed by atoms with Crippen LogP contribution in [0.15, 0.2) is 18.3 Å². The van der Waals surface area contributed by atoms with Crippen LogP contribution in [0.3, 0.4) is 0 Å². The first-order valence-corrected chi connectivity index (χ1v) is 6.17. The van der Waals surface area contributed by atoms with Gasteiger partial charge in [-0.2, -0.15) is 0 Å². The van der Waals surface area contributed by atoms with Gasteiger partial charge in [-0.1, -0.05) is 11.6 Å². The average Bonchev–Trinajstić information content (AvgIpc) is 3.12. The Morgan fingerprint density at radius 3 is 2.83 bits per heavy atom. The summed E-state index contributed by atoms with van der Waals surface area (Å²) in [4.78, 5) is 27.4. The Bertz CT molecular complexity index is 474. The van der Waals surface area contributed by atoms with Crippen molar-refractivity contribution in [3.8, 4) is 0 Å². The van der Waals surface area contributed by atoms with E-state index in [1.165, 1.54) is 12.3 Å². The third-order valence-corrected chi connectivity index (χ3v) is 2.85. The molecule has 6 heteroatoms. The molecule has 0 bridgehead atoms. The Balaban J connectivity index is 1.91. The van der Waals surface area contributed by atoms with Crippen molar-refractivity contribution in [1.29, 1.82) is 0 Å². The maximum atomic E-state index is 11.8. The number of carbonyl (C=O) groups is 2. The fraction of sp³-hybridized carbons (Fsp3) is 0.417. The van der Waals surface area contributed by atoms with Gasteiger partial charge in [0.15, 0.2) is 0 Å². The minimum absolute atomic E-state index is 0.173. The number of amides is 2. The van der Waals surface area contributed by atoms with E-state index in [-0.39, 0.29) is 17.6 Å². The second-order valence-corrected chi connectivity index (χ2v) is 4.77. The molecule has 0 aliphatic heterocycles. The smallest absolute Gasteiger partial charge is 0.270 e. The van der Waals surface area contributed by atoms with E-state index in [0.717, 1.165) is 12.8 Å². The Morgan fingerprint density at radius 1 is 1.50 bits per heavy atom. The molecule has 5 nitrogen and oxygen atoms in total. The second-order valence-electron chi connectivity index (χ2n) is 4.34. The van der Waals surface area contributed by atoms with Gasteiger partial charge < -0.3 is 10.6 Å². The molecule has 1 aliphatic rings. The van der Waals surface area contributed by atoms with Gasteiger partial charge in [-0.05, 0) is 31.9 Å². The van der Waals surface area contributed by atoms with Gasteiger partial charge in [-0.25, -0.2) is 0 Å². The normalized spacial score (nSPS) is 15.9. The zero-order valence-corrected chi connectivity index (χ0v) is 10.7. The summed E-state index contributed by atoms with van der Waals surface area (Å²) in [6.07, 6.45) is 3.48. The van der Waals surface area contributed by atoms with E-state index in [4.69, 9.17) is 11.6 Å². The van der Waals surface area contributed by atoms with Crippen LogP contribution in [-0.2, 0) is 4.79 Å². The van der Waals surface area contributed by atoms with Crippen molar-refractivity contribution in [1.82, 2.24) is 15.6 Å². The third kappa shape index (κ3) is 3.43. The molecule has 0 radical (unpaired) electrons. The van der Waals surface area contributed by atoms with E-state index in [0.29, 0.717) is 5.02 Å². The lowest BCUT2D eigenvalue weighted by Gasteiger charge is -2.13. The van der Waals surface area contributed by atoms with E-state index in [1.807, 2.05) is 0 Å². The summed E-state index contributed by atoms with van der Waals surface area (Å²) in [5.74, 6) is -0.580. The molecule has 1 unspecified atom stereocenters. The van der Waals surface area contributed by atoms with E-state index < -0.39 is 11.9 Å². The van der Waals surface area contributed by atoms with Crippen molar-refractivity contribution in [3.05, 3.63) is 29.0 Å². The highest BCUT2D eigenvalue weighted by Crippen LogP contribution is 2.18. The van der Waals surface area contributed by atoms with Crippen molar-refractivity contribution in [2.45, 2.75) is 31.8 Å². The number of nitrogens with one attached hydrogen (secondary N) is 2. The number of nitrogens with zero attached hydrogens (tertiary/aromatic N) is 1. The SMILES string of the molecule is CC(NC(=O)c1cc(Cl)ccn1)C(=O)NC1CC1. The highest BCUT2D eigenvalue weighted by atomic mass is 35.5. The predicted molar refractivity (Wildman–Crippen MR) is 67.3 cm³/mol. The van der Waals surface area contributed by atoms with Crippen LogP contribution >= 0.6 is 11.6 Å². The minimum Gasteiger partial charge on any atom is -0.352 e. The van der Waals surface area contributed by atoms with Crippen LogP contribution in [0.2, 0.25) is 5.02 Å². The van der Waals surface area contributed by atoms with Crippen molar-refractivity contribution in [3.63, 3.8) is 0 Å². The number of rotatable bonds is 4. The molecular weight excluding hydrogens is 254 g/mol. The van der Waals surface area contributed by atoms with Gasteiger partial charge in [0.25, 0.3) is 5.91 Å². The molecule has 2 N–H and O–H groups in total. The largest absolute Gasteiger partial charge is 0.352 e. The van der Waals surface area contributed by atoms with Crippen LogP contribution in [0, 0.1) is 0 Å². The lowest BCUT2D eigenvalue weighted by atomic mass is 10.2. The first-order chi connectivity index (χ1) is 8.56. The number of carbonyl (C=O) groups excluding carboxylic acids is 2. The highest BCUT2D eigenvalue weighted by molar-refractivity contribution is 6.30. The Labute approximate surface area is 110 Å². The van der Waals surface area contributed by atoms with Gasteiger partial charge in [0.05, 0.1) is 0 Å². The third-order valence-electron chi connectivity index (χ3n) is 2.62. The molecule has 0 saturated heterocycles. The van der Waals surface area contributed by atoms with Crippen molar-refractivity contribution in [2.24, 2.45) is 0 Å². The van der Waals surface area contributed by atoms with E-state index in [9.17, 15) is 9.59 Å². The Hall–Kier alpha value is -1.62. The first-order valence-electron chi connectivity index (χ1n) is 5.79. The predicted octanol–water partition coefficient (Wildman–Crippen LogP) is 1.13. The molecule has 1 aromatic rings. The van der Waals surface area contributed by atoms with Crippen molar-refractivity contribution < 1.29 is 9.59 Å². The van der Waals surface area contributed by atoms with Crippen LogP contribution in [-0.4, -0.2) is 28.9 Å². The molecule has 0 spiro atoms. The lowest BCUT2D eigenvalue weighted by Crippen LogP contribution is -2.45. The molecule has 18 heavy (non-hydrogen) atoms. The van der Waals surface area contributed by atoms with Gasteiger partial charge >= 0.3 is 0 Å². The number of hydrogen-bond donors (Lipinski definition) is 2. The quantitative estimate of drug-likeness (QED) is 0.859. The summed E-state index contributed by atoms with van der Waals surface area (Å²) < 4.78 is 0. The molecular formula is C12H14ClN3O2. The first kappa shape index (κ1) is 12.8. The lowest BCUT2D eigenvalue weighted by molar-refractivity contribution is -0.122. The van der Waals surface area contributed by atoms with Gasteiger partial charge in [-0.15, -0.1) is 0 Å². The zero-order valence-electron chi connectivity index (χ0n) is 9.94. The molecule has 1 heterocycles. The maximum Gasteiger partial charge on any atom is 0.270 e. The zero-order chi connectivity index (χ0) is 13.1. The Morgan fingerprint density at radius 2 is 2.22 bits per heavy atom. The van der Waals surface area contributed by atoms with Gasteiger partial charge in [0.2, 0.25) is 5.91 Å². The summed E-state index contributed by atoms with van der Waals surface area (Å²) in [7, 11) is 0. The molecule has 1 saturated carbocycles. The maximum absolute atomic E-state index is 11.8. The standard InChI is InChI=1S/C12H14ClN3O2/c1-7(11(17)16-9-2-3-9)15-12(18)10-6-8(13)4-5-14-10/h4-7,9H,2-3H2,1H3,(H,15,18)(H,16,17). The molecule has 1 aliphatic carbocycles. The fourth-order valence-corrected chi connectivity index (χ4v) is 1.58. The summed E-state index contributed by atoms with van der Waals surface area (Å²) in [5, 5.41) is 5.84. The molecule has 96 valence electrons. The number of pyridine rings is 1. The van der Waals surface area contributed by atoms with Gasteiger partial charge in [-0.3, -0.25) is 14.6 Å². The topological polar surface area (TPSA) is 71.1 Å². The van der Waals surface area contributed by atoms with Crippen LogP contribution < -0.4 is 10.6 Å². The molecule has 1 fully saturated rings. The molecule has 2 rings (SSSR count). The van der Waals surface area contributed by atoms with E-state index >= 15 is 0 Å². The van der Waals surface area contributed by atoms with E-state index in [1.54, 1.807) is 13.0 Å². The minimum atomic E-state index is -0.584. The average molecular weight is 268 g/mol. The number of aromatic nitrogens is 1. The highest BCUT2D eigenvalue weighted by Gasteiger charge is 2.26. The molecule has 1 atom stereocenters. The summed E-state index contributed by atoms with van der Waals surface area (Å²) in [6.45, 7) is 1.64. The molecule has 2 amide bonds. The second kappa shape index (κ2) is 5.35. The van der Waals surface area contributed by atoms with Gasteiger partial charge in [0, 0.05) is 17.3 Å². The summed E-state index contributed by atoms with van der Waals surface area (Å²) in [5.41, 5.74) is 0.202. The van der Waals surface area contributed by atoms with Crippen LogP contribution in [0.25, 0.3) is 0 Å². The molecule has 1 aromatic heterocycles. The number of hydrogen-bond acceptors (Lipinski definition) is 3. The van der Waals surface area contributed by atoms with E-state index in [2.05, 4.69) is 15.6 Å². The van der Waals surface area contributed by atoms with Crippen LogP contribution in [0.4, 0.5) is 0 Å². The number of halogens is 1. The fourth-order valence-electron chi connectivity index (χ4n) is 1.42.